The number of nitrogens with one attached hydrogen (secondary N) is 1. The van der Waals surface area contributed by atoms with E-state index in [1.807, 2.05) is 13.8 Å². The molecule has 0 saturated heterocycles. The Bertz CT molecular complexity index is 963. The lowest BCUT2D eigenvalue weighted by Crippen LogP contribution is -2.32. The number of aryl methyl sites for hydroxylation is 3. The average molecular weight is 386 g/mol. The zero-order valence-electron chi connectivity index (χ0n) is 16.4. The largest absolute Gasteiger partial charge is 0.339 e. The Hall–Kier alpha value is -3.23. The van der Waals surface area contributed by atoms with Gasteiger partial charge in [-0.25, -0.2) is 9.18 Å². The van der Waals surface area contributed by atoms with Gasteiger partial charge in [-0.05, 0) is 24.1 Å². The second kappa shape index (κ2) is 8.20. The van der Waals surface area contributed by atoms with Crippen molar-refractivity contribution in [2.75, 3.05) is 12.4 Å². The highest BCUT2D eigenvalue weighted by molar-refractivity contribution is 5.93. The van der Waals surface area contributed by atoms with Crippen molar-refractivity contribution in [3.8, 4) is 11.1 Å². The van der Waals surface area contributed by atoms with Gasteiger partial charge in [-0.2, -0.15) is 10.1 Å². The Labute approximate surface area is 162 Å². The zero-order valence-corrected chi connectivity index (χ0v) is 16.4. The maximum atomic E-state index is 13.3. The number of benzene rings is 1. The molecule has 8 nitrogen and oxygen atoms in total. The third-order valence-electron chi connectivity index (χ3n) is 4.35. The van der Waals surface area contributed by atoms with Crippen LogP contribution in [0.5, 0.6) is 0 Å². The topological polar surface area (TPSA) is 89.1 Å². The van der Waals surface area contributed by atoms with Crippen molar-refractivity contribution in [3.05, 3.63) is 47.5 Å². The number of carbonyl (C=O) groups is 1. The number of aromatic nitrogens is 4. The average Bonchev–Trinajstić information content (AvgIpc) is 3.26. The summed E-state index contributed by atoms with van der Waals surface area (Å²) in [5.41, 5.74) is 2.38. The van der Waals surface area contributed by atoms with Crippen LogP contribution >= 0.6 is 0 Å². The molecule has 0 aliphatic heterocycles. The van der Waals surface area contributed by atoms with Crippen LogP contribution in [0.1, 0.15) is 31.3 Å². The van der Waals surface area contributed by atoms with Gasteiger partial charge in [0.1, 0.15) is 11.6 Å². The summed E-state index contributed by atoms with van der Waals surface area (Å²) in [5.74, 6) is 1.19. The first-order valence-corrected chi connectivity index (χ1v) is 9.08. The number of carbonyl (C=O) groups excluding carboxylic acids is 1. The van der Waals surface area contributed by atoms with Crippen LogP contribution in [0.25, 0.3) is 11.1 Å². The molecule has 0 bridgehead atoms. The fraction of sp³-hybridized carbons (Fsp3) is 0.368. The summed E-state index contributed by atoms with van der Waals surface area (Å²) in [6.45, 7) is 4.10. The van der Waals surface area contributed by atoms with E-state index in [2.05, 4.69) is 20.6 Å². The highest BCUT2D eigenvalue weighted by Gasteiger charge is 2.21. The minimum atomic E-state index is -0.336. The van der Waals surface area contributed by atoms with Crippen LogP contribution in [0.3, 0.4) is 0 Å². The highest BCUT2D eigenvalue weighted by Crippen LogP contribution is 2.32. The van der Waals surface area contributed by atoms with E-state index in [1.54, 1.807) is 30.9 Å². The van der Waals surface area contributed by atoms with E-state index in [0.717, 1.165) is 16.8 Å². The number of anilines is 1. The molecule has 2 aromatic heterocycles. The van der Waals surface area contributed by atoms with Crippen molar-refractivity contribution in [2.45, 2.75) is 33.2 Å². The quantitative estimate of drug-likeness (QED) is 0.701. The molecule has 0 saturated carbocycles. The lowest BCUT2D eigenvalue weighted by Gasteiger charge is -2.17. The monoisotopic (exact) mass is 386 g/mol. The van der Waals surface area contributed by atoms with Gasteiger partial charge in [-0.3, -0.25) is 10.00 Å². The van der Waals surface area contributed by atoms with Gasteiger partial charge in [0.15, 0.2) is 5.82 Å². The summed E-state index contributed by atoms with van der Waals surface area (Å²) in [5, 5.41) is 11.2. The Morgan fingerprint density at radius 3 is 2.57 bits per heavy atom. The lowest BCUT2D eigenvalue weighted by molar-refractivity contribution is 0.218. The van der Waals surface area contributed by atoms with Gasteiger partial charge in [-0.15, -0.1) is 0 Å². The van der Waals surface area contributed by atoms with E-state index < -0.39 is 0 Å². The number of halogens is 1. The van der Waals surface area contributed by atoms with Gasteiger partial charge in [0.25, 0.3) is 0 Å². The fourth-order valence-corrected chi connectivity index (χ4v) is 2.87. The van der Waals surface area contributed by atoms with Crippen molar-refractivity contribution in [1.29, 1.82) is 0 Å². The first-order valence-electron chi connectivity index (χ1n) is 9.08. The van der Waals surface area contributed by atoms with Crippen molar-refractivity contribution < 1.29 is 13.7 Å². The minimum Gasteiger partial charge on any atom is -0.339 e. The molecule has 3 rings (SSSR count). The Kier molecular flexibility index (Phi) is 5.72. The fourth-order valence-electron chi connectivity index (χ4n) is 2.87. The van der Waals surface area contributed by atoms with Crippen LogP contribution in [0.4, 0.5) is 15.0 Å². The van der Waals surface area contributed by atoms with Crippen LogP contribution in [0, 0.1) is 5.82 Å². The van der Waals surface area contributed by atoms with Gasteiger partial charge in [0.2, 0.25) is 5.89 Å². The first kappa shape index (κ1) is 19.5. The molecule has 3 aromatic rings. The van der Waals surface area contributed by atoms with Crippen molar-refractivity contribution in [1.82, 2.24) is 24.8 Å². The van der Waals surface area contributed by atoms with Crippen LogP contribution in [0.2, 0.25) is 0 Å². The minimum absolute atomic E-state index is 0.208. The molecule has 9 heteroatoms. The second-order valence-electron chi connectivity index (χ2n) is 6.40. The lowest BCUT2D eigenvalue weighted by atomic mass is 10.0. The molecule has 2 heterocycles. The SMILES string of the molecule is CCc1nc(CN(C)C(=O)Nc2c(-c3ccc(F)cc3)c(CC)nn2C)no1. The number of urea groups is 1. The Balaban J connectivity index is 1.83. The van der Waals surface area contributed by atoms with E-state index >= 15 is 0 Å². The van der Waals surface area contributed by atoms with Gasteiger partial charge in [-0.1, -0.05) is 31.1 Å². The summed E-state index contributed by atoms with van der Waals surface area (Å²) >= 11 is 0. The molecule has 0 fully saturated rings. The summed E-state index contributed by atoms with van der Waals surface area (Å²) in [4.78, 5) is 18.4. The zero-order chi connectivity index (χ0) is 20.3. The first-order chi connectivity index (χ1) is 13.4. The molecule has 0 atom stereocenters. The van der Waals surface area contributed by atoms with Crippen molar-refractivity contribution in [3.63, 3.8) is 0 Å². The molecule has 1 N–H and O–H groups in total. The predicted octanol–water partition coefficient (Wildman–Crippen LogP) is 3.40. The highest BCUT2D eigenvalue weighted by atomic mass is 19.1. The van der Waals surface area contributed by atoms with Crippen molar-refractivity contribution >= 4 is 11.8 Å². The Morgan fingerprint density at radius 1 is 1.25 bits per heavy atom. The van der Waals surface area contributed by atoms with Gasteiger partial charge < -0.3 is 9.42 Å². The standard InChI is InChI=1S/C19H23FN6O2/c1-5-14-17(12-7-9-13(20)10-8-12)18(26(4)23-14)22-19(27)25(3)11-15-21-16(6-2)28-24-15/h7-10H,5-6,11H2,1-4H3,(H,22,27). The van der Waals surface area contributed by atoms with Crippen molar-refractivity contribution in [2.24, 2.45) is 7.05 Å². The maximum Gasteiger partial charge on any atom is 0.323 e. The van der Waals surface area contributed by atoms with Gasteiger partial charge in [0, 0.05) is 26.1 Å². The van der Waals surface area contributed by atoms with Gasteiger partial charge in [0.05, 0.1) is 12.2 Å². The van der Waals surface area contributed by atoms with E-state index in [-0.39, 0.29) is 18.4 Å². The molecule has 1 aromatic carbocycles. The number of rotatable bonds is 6. The molecule has 0 spiro atoms. The van der Waals surface area contributed by atoms with Crippen LogP contribution in [0.15, 0.2) is 28.8 Å². The molecule has 148 valence electrons. The number of hydrogen-bond donors (Lipinski definition) is 1. The molecule has 0 aliphatic rings. The number of nitrogens with zero attached hydrogens (tertiary/aromatic N) is 5. The normalized spacial score (nSPS) is 10.9. The molecular formula is C19H23FN6O2. The van der Waals surface area contributed by atoms with E-state index in [4.69, 9.17) is 4.52 Å². The number of hydrogen-bond acceptors (Lipinski definition) is 5. The Morgan fingerprint density at radius 2 is 1.96 bits per heavy atom. The smallest absolute Gasteiger partial charge is 0.323 e. The van der Waals surface area contributed by atoms with E-state index in [0.29, 0.717) is 30.4 Å². The number of amides is 2. The molecule has 0 unspecified atom stereocenters. The summed E-state index contributed by atoms with van der Waals surface area (Å²) < 4.78 is 20.0. The third kappa shape index (κ3) is 4.03. The van der Waals surface area contributed by atoms with Crippen LogP contribution in [-0.2, 0) is 26.4 Å². The maximum absolute atomic E-state index is 13.3. The molecule has 2 amide bonds. The van der Waals surface area contributed by atoms with Crippen LogP contribution in [-0.4, -0.2) is 37.9 Å². The summed E-state index contributed by atoms with van der Waals surface area (Å²) in [7, 11) is 3.40. The van der Waals surface area contributed by atoms with Gasteiger partial charge >= 0.3 is 6.03 Å². The molecule has 0 radical (unpaired) electrons. The molecule has 0 aliphatic carbocycles. The second-order valence-corrected chi connectivity index (χ2v) is 6.40. The van der Waals surface area contributed by atoms with E-state index in [1.165, 1.54) is 17.0 Å². The summed E-state index contributed by atoms with van der Waals surface area (Å²) in [6, 6.07) is 5.80. The summed E-state index contributed by atoms with van der Waals surface area (Å²) in [6.07, 6.45) is 1.31. The third-order valence-corrected chi connectivity index (χ3v) is 4.35. The predicted molar refractivity (Wildman–Crippen MR) is 102 cm³/mol. The molecular weight excluding hydrogens is 363 g/mol. The van der Waals surface area contributed by atoms with Crippen LogP contribution < -0.4 is 5.32 Å². The molecule has 28 heavy (non-hydrogen) atoms. The van der Waals surface area contributed by atoms with E-state index in [9.17, 15) is 9.18 Å².